The van der Waals surface area contributed by atoms with Crippen molar-refractivity contribution in [3.05, 3.63) is 191 Å². The molecule has 0 aliphatic heterocycles. The Hall–Kier alpha value is -6.05. The molecule has 19 nitrogen and oxygen atoms in total. The summed E-state index contributed by atoms with van der Waals surface area (Å²) in [6.45, 7) is -0.0542. The predicted octanol–water partition coefficient (Wildman–Crippen LogP) is 12.0. The number of alkyl halides is 2. The molecule has 6 aromatic rings. The van der Waals surface area contributed by atoms with Gasteiger partial charge in [0.25, 0.3) is 11.4 Å². The molecule has 0 spiro atoms. The van der Waals surface area contributed by atoms with Gasteiger partial charge in [0.1, 0.15) is 12.4 Å². The lowest BCUT2D eigenvalue weighted by Gasteiger charge is -2.07. The highest BCUT2D eigenvalue weighted by molar-refractivity contribution is 8.77. The number of carbonyl (C=O) groups is 2. The molecule has 4 aromatic carbocycles. The van der Waals surface area contributed by atoms with E-state index in [1.165, 1.54) is 116 Å². The first-order valence-electron chi connectivity index (χ1n) is 17.9. The van der Waals surface area contributed by atoms with E-state index in [4.69, 9.17) is 49.4 Å². The lowest BCUT2D eigenvalue weighted by atomic mass is 10.1. The number of nitrogens with zero attached hydrogens (tertiary/aromatic N) is 6. The van der Waals surface area contributed by atoms with Crippen molar-refractivity contribution in [1.82, 2.24) is 9.97 Å². The summed E-state index contributed by atoms with van der Waals surface area (Å²) in [7, 11) is 5.11. The SMILES string of the molecule is ClCCl.O=C(Cl)Cc1ccc([N+](=O)[O-])cc1.O=C(OCc1ccc(SSc2ncccc2[N+](=O)[O-])cc1)Oc1cccc([N+](=O)[O-])c1.O=[N+]([O-])c1cccnc1SSc1ccc(CO)cc1. The van der Waals surface area contributed by atoms with Crippen LogP contribution in [0.5, 0.6) is 5.75 Å². The number of aromatic nitrogens is 2. The highest BCUT2D eigenvalue weighted by Gasteiger charge is 2.17. The number of nitro groups is 4. The lowest BCUT2D eigenvalue weighted by Crippen LogP contribution is -2.10. The van der Waals surface area contributed by atoms with Crippen LogP contribution in [0.1, 0.15) is 16.7 Å². The van der Waals surface area contributed by atoms with E-state index in [9.17, 15) is 50.0 Å². The molecule has 0 amide bonds. The zero-order chi connectivity index (χ0) is 48.4. The van der Waals surface area contributed by atoms with Crippen molar-refractivity contribution in [1.29, 1.82) is 0 Å². The van der Waals surface area contributed by atoms with E-state index in [-0.39, 0.29) is 53.5 Å². The molecule has 2 aromatic heterocycles. The number of rotatable bonds is 16. The van der Waals surface area contributed by atoms with E-state index in [0.29, 0.717) is 21.2 Å². The zero-order valence-electron chi connectivity index (χ0n) is 33.3. The van der Waals surface area contributed by atoms with Gasteiger partial charge in [0.2, 0.25) is 5.24 Å². The lowest BCUT2D eigenvalue weighted by molar-refractivity contribution is -0.388. The summed E-state index contributed by atoms with van der Waals surface area (Å²) < 4.78 is 9.95. The first-order valence-corrected chi connectivity index (χ1v) is 23.7. The van der Waals surface area contributed by atoms with Crippen LogP contribution in [-0.2, 0) is 29.2 Å². The van der Waals surface area contributed by atoms with Crippen molar-refractivity contribution in [3.63, 3.8) is 0 Å². The second-order valence-electron chi connectivity index (χ2n) is 11.9. The van der Waals surface area contributed by atoms with Crippen LogP contribution in [0.3, 0.4) is 0 Å². The van der Waals surface area contributed by atoms with E-state index in [0.717, 1.165) is 21.4 Å². The van der Waals surface area contributed by atoms with Gasteiger partial charge in [-0.05, 0) is 92.3 Å². The molecule has 0 atom stereocenters. The van der Waals surface area contributed by atoms with Gasteiger partial charge in [0.15, 0.2) is 10.1 Å². The summed E-state index contributed by atoms with van der Waals surface area (Å²) in [4.78, 5) is 72.9. The molecule has 0 bridgehead atoms. The van der Waals surface area contributed by atoms with Crippen LogP contribution >= 0.6 is 78.0 Å². The van der Waals surface area contributed by atoms with Gasteiger partial charge in [0, 0.05) is 58.9 Å². The summed E-state index contributed by atoms with van der Waals surface area (Å²) in [5, 5.41) is 52.2. The largest absolute Gasteiger partial charge is 0.514 e. The van der Waals surface area contributed by atoms with Gasteiger partial charge in [-0.3, -0.25) is 45.3 Å². The Kier molecular flexibility index (Phi) is 24.2. The Balaban J connectivity index is 0.000000280. The van der Waals surface area contributed by atoms with Crippen LogP contribution in [0.15, 0.2) is 154 Å². The second kappa shape index (κ2) is 29.5. The second-order valence-corrected chi connectivity index (χ2v) is 17.5. The van der Waals surface area contributed by atoms with Crippen molar-refractivity contribution in [3.8, 4) is 5.75 Å². The minimum atomic E-state index is -0.989. The Morgan fingerprint density at radius 2 is 1.06 bits per heavy atom. The molecular weight excluding hydrogens is 1010 g/mol. The molecule has 66 heavy (non-hydrogen) atoms. The van der Waals surface area contributed by atoms with E-state index in [2.05, 4.69) is 9.97 Å². The standard InChI is InChI=1S/C19H13N3O7S2.C12H10N2O3S2.C8H6ClNO3.CH2Cl2/c23-19(29-15-4-1-3-14(11-15)21(24)25)28-12-13-6-8-16(9-7-13)30-31-18-17(22(26)27)5-2-10-20-18;15-8-9-3-5-10(6-4-9)18-19-12-11(14(16)17)2-1-7-13-12;9-8(11)5-6-1-3-7(4-2-6)10(12)13;2-1-3/h1-11H,12H2;1-7,15H,8H2;1-4H,5H2;1H2. The van der Waals surface area contributed by atoms with E-state index < -0.39 is 31.1 Å². The smallest absolute Gasteiger partial charge is 0.429 e. The van der Waals surface area contributed by atoms with E-state index in [1.54, 1.807) is 30.3 Å². The maximum atomic E-state index is 11.8. The molecule has 0 aliphatic carbocycles. The Labute approximate surface area is 405 Å². The van der Waals surface area contributed by atoms with Gasteiger partial charge in [-0.25, -0.2) is 14.8 Å². The molecule has 0 radical (unpaired) electrons. The number of benzene rings is 4. The Bertz CT molecular complexity index is 2570. The van der Waals surface area contributed by atoms with Crippen LogP contribution in [0.4, 0.5) is 27.5 Å². The van der Waals surface area contributed by atoms with Crippen molar-refractivity contribution in [2.75, 3.05) is 5.34 Å². The van der Waals surface area contributed by atoms with E-state index in [1.807, 2.05) is 24.3 Å². The minimum absolute atomic E-state index is 0.00377. The fourth-order valence-electron chi connectivity index (χ4n) is 4.46. The van der Waals surface area contributed by atoms with Crippen molar-refractivity contribution < 1.29 is 43.9 Å². The van der Waals surface area contributed by atoms with Crippen LogP contribution < -0.4 is 4.74 Å². The number of aliphatic hydroxyl groups excluding tert-OH is 1. The van der Waals surface area contributed by atoms with Gasteiger partial charge in [-0.1, -0.05) is 64.1 Å². The van der Waals surface area contributed by atoms with Gasteiger partial charge in [-0.2, -0.15) is 0 Å². The fraction of sp³-hybridized carbons (Fsp3) is 0.100. The molecule has 0 saturated carbocycles. The number of hydrogen-bond donors (Lipinski definition) is 1. The number of nitro benzene ring substituents is 2. The molecule has 344 valence electrons. The molecular formula is C40H31Cl3N6O13S4. The summed E-state index contributed by atoms with van der Waals surface area (Å²) >= 11 is 14.7. The Morgan fingerprint density at radius 1 is 0.591 bits per heavy atom. The number of pyridine rings is 2. The number of hydrogen-bond acceptors (Lipinski definition) is 19. The topological polar surface area (TPSA) is 271 Å². The molecule has 26 heteroatoms. The summed E-state index contributed by atoms with van der Waals surface area (Å²) in [6, 6.07) is 31.2. The molecule has 0 unspecified atom stereocenters. The van der Waals surface area contributed by atoms with Gasteiger partial charge in [-0.15, -0.1) is 23.2 Å². The quantitative estimate of drug-likeness (QED) is 0.0179. The van der Waals surface area contributed by atoms with Crippen LogP contribution in [0, 0.1) is 40.5 Å². The predicted molar refractivity (Wildman–Crippen MR) is 252 cm³/mol. The third kappa shape index (κ3) is 20.0. The third-order valence-electron chi connectivity index (χ3n) is 7.44. The highest BCUT2D eigenvalue weighted by atomic mass is 35.5. The van der Waals surface area contributed by atoms with Crippen molar-refractivity contribution >= 4 is 112 Å². The molecule has 6 rings (SSSR count). The van der Waals surface area contributed by atoms with Crippen LogP contribution in [-0.4, -0.2) is 51.5 Å². The van der Waals surface area contributed by atoms with Gasteiger partial charge < -0.3 is 14.6 Å². The van der Waals surface area contributed by atoms with Crippen LogP contribution in [0.25, 0.3) is 0 Å². The summed E-state index contributed by atoms with van der Waals surface area (Å²) in [5.41, 5.74) is 1.94. The van der Waals surface area contributed by atoms with Crippen LogP contribution in [0.2, 0.25) is 0 Å². The molecule has 0 aliphatic rings. The molecule has 1 N–H and O–H groups in total. The highest BCUT2D eigenvalue weighted by Crippen LogP contribution is 2.41. The number of ether oxygens (including phenoxy) is 2. The number of aliphatic hydroxyl groups is 1. The molecule has 2 heterocycles. The third-order valence-corrected chi connectivity index (χ3v) is 12.2. The Morgan fingerprint density at radius 3 is 1.50 bits per heavy atom. The number of halogens is 3. The summed E-state index contributed by atoms with van der Waals surface area (Å²) in [6.07, 6.45) is 2.13. The monoisotopic (exact) mass is 1040 g/mol. The van der Waals surface area contributed by atoms with Crippen molar-refractivity contribution in [2.45, 2.75) is 39.5 Å². The fourth-order valence-corrected chi connectivity index (χ4v) is 8.61. The maximum absolute atomic E-state index is 11.8. The maximum Gasteiger partial charge on any atom is 0.514 e. The van der Waals surface area contributed by atoms with E-state index >= 15 is 0 Å². The average molecular weight is 1040 g/mol. The minimum Gasteiger partial charge on any atom is -0.429 e. The molecule has 0 saturated heterocycles. The summed E-state index contributed by atoms with van der Waals surface area (Å²) in [5.74, 6) is 0.00610. The molecule has 0 fully saturated rings. The van der Waals surface area contributed by atoms with Gasteiger partial charge >= 0.3 is 17.5 Å². The van der Waals surface area contributed by atoms with Crippen molar-refractivity contribution in [2.24, 2.45) is 0 Å². The first kappa shape index (κ1) is 54.3. The zero-order valence-corrected chi connectivity index (χ0v) is 38.9. The number of non-ortho nitro benzene ring substituents is 2. The normalized spacial score (nSPS) is 10.0. The average Bonchev–Trinajstić information content (AvgIpc) is 3.31. The number of carbonyl (C=O) groups excluding carboxylic acids is 2. The van der Waals surface area contributed by atoms with Gasteiger partial charge in [0.05, 0.1) is 37.7 Å². The first-order chi connectivity index (χ1) is 31.6.